The molecule has 0 amide bonds. The van der Waals surface area contributed by atoms with E-state index in [0.29, 0.717) is 38.8 Å². The topological polar surface area (TPSA) is 62.6 Å². The number of aliphatic hydroxyl groups is 2. The van der Waals surface area contributed by atoms with E-state index in [1.54, 1.807) is 12.1 Å². The molecule has 2 N–H and O–H groups in total. The van der Waals surface area contributed by atoms with Crippen LogP contribution in [0, 0.1) is 13.8 Å². The van der Waals surface area contributed by atoms with Gasteiger partial charge in [-0.25, -0.2) is 4.98 Å². The number of alkyl halides is 3. The van der Waals surface area contributed by atoms with Crippen LogP contribution in [0.1, 0.15) is 33.7 Å². The van der Waals surface area contributed by atoms with Crippen molar-refractivity contribution in [2.24, 2.45) is 0 Å². The zero-order valence-corrected chi connectivity index (χ0v) is 17.3. The summed E-state index contributed by atoms with van der Waals surface area (Å²) in [7, 11) is 0. The smallest absolute Gasteiger partial charge is 0.443 e. The molecule has 0 radical (unpaired) electrons. The van der Waals surface area contributed by atoms with Crippen molar-refractivity contribution in [2.45, 2.75) is 45.8 Å². The van der Waals surface area contributed by atoms with Gasteiger partial charge in [0.1, 0.15) is 12.4 Å². The van der Waals surface area contributed by atoms with Crippen LogP contribution in [0.25, 0.3) is 10.2 Å². The molecule has 1 heterocycles. The summed E-state index contributed by atoms with van der Waals surface area (Å²) in [6.07, 6.45) is -5.14. The molecule has 0 atom stereocenters. The highest BCUT2D eigenvalue weighted by molar-refractivity contribution is 7.18. The van der Waals surface area contributed by atoms with E-state index >= 15 is 0 Å². The Bertz CT molecular complexity index is 1030. The fraction of sp³-hybridized carbons (Fsp3) is 0.350. The van der Waals surface area contributed by atoms with E-state index in [2.05, 4.69) is 4.98 Å². The van der Waals surface area contributed by atoms with Gasteiger partial charge < -0.3 is 14.9 Å². The molecule has 0 saturated heterocycles. The standard InChI is InChI=1S/C20H19ClF3NO3S/c1-10-11(2)15(5-3-12(10)4-6-17(26)27)28-9-13-7-14(21)8-16-18(13)25-19(29-16)20(22,23)24/h3,5,7-8,17,26-27H,4,6,9H2,1-2H3. The van der Waals surface area contributed by atoms with Crippen molar-refractivity contribution in [3.63, 3.8) is 0 Å². The summed E-state index contributed by atoms with van der Waals surface area (Å²) in [5.41, 5.74) is 3.52. The summed E-state index contributed by atoms with van der Waals surface area (Å²) in [5, 5.41) is 17.5. The molecule has 0 saturated carbocycles. The van der Waals surface area contributed by atoms with Crippen LogP contribution < -0.4 is 4.74 Å². The highest BCUT2D eigenvalue weighted by atomic mass is 35.5. The average molecular weight is 446 g/mol. The van der Waals surface area contributed by atoms with Crippen LogP contribution in [0.15, 0.2) is 24.3 Å². The van der Waals surface area contributed by atoms with Gasteiger partial charge in [-0.05, 0) is 55.2 Å². The number of benzene rings is 2. The number of aryl methyl sites for hydroxylation is 1. The van der Waals surface area contributed by atoms with E-state index in [1.165, 1.54) is 6.07 Å². The maximum atomic E-state index is 13.0. The Hall–Kier alpha value is -1.87. The Balaban J connectivity index is 1.85. The number of rotatable bonds is 6. The van der Waals surface area contributed by atoms with Gasteiger partial charge in [-0.3, -0.25) is 0 Å². The first kappa shape index (κ1) is 21.8. The molecule has 0 spiro atoms. The SMILES string of the molecule is Cc1c(CCC(O)O)ccc(OCc2cc(Cl)cc3sc(C(F)(F)F)nc23)c1C. The minimum atomic E-state index is -4.51. The first-order valence-corrected chi connectivity index (χ1v) is 10.00. The van der Waals surface area contributed by atoms with Gasteiger partial charge in [-0.1, -0.05) is 17.7 Å². The highest BCUT2D eigenvalue weighted by Gasteiger charge is 2.35. The van der Waals surface area contributed by atoms with Gasteiger partial charge in [0.05, 0.1) is 10.2 Å². The van der Waals surface area contributed by atoms with Gasteiger partial charge in [-0.15, -0.1) is 11.3 Å². The van der Waals surface area contributed by atoms with Gasteiger partial charge in [0.2, 0.25) is 0 Å². The van der Waals surface area contributed by atoms with Crippen LogP contribution in [0.3, 0.4) is 0 Å². The molecule has 29 heavy (non-hydrogen) atoms. The fourth-order valence-corrected chi connectivity index (χ4v) is 4.24. The Morgan fingerprint density at radius 3 is 2.52 bits per heavy atom. The largest absolute Gasteiger partial charge is 0.489 e. The third kappa shape index (κ3) is 5.01. The molecule has 0 fully saturated rings. The van der Waals surface area contributed by atoms with Crippen molar-refractivity contribution in [3.05, 3.63) is 56.5 Å². The zero-order valence-electron chi connectivity index (χ0n) is 15.7. The molecule has 4 nitrogen and oxygen atoms in total. The van der Waals surface area contributed by atoms with Crippen molar-refractivity contribution in [2.75, 3.05) is 0 Å². The second-order valence-electron chi connectivity index (χ2n) is 6.71. The number of hydrogen-bond donors (Lipinski definition) is 2. The third-order valence-electron chi connectivity index (χ3n) is 4.69. The summed E-state index contributed by atoms with van der Waals surface area (Å²) in [6.45, 7) is 3.81. The number of fused-ring (bicyclic) bond motifs is 1. The molecule has 3 aromatic rings. The number of thiazole rings is 1. The van der Waals surface area contributed by atoms with Gasteiger partial charge >= 0.3 is 6.18 Å². The van der Waals surface area contributed by atoms with Crippen LogP contribution in [-0.4, -0.2) is 21.5 Å². The normalized spacial score (nSPS) is 12.2. The number of aromatic nitrogens is 1. The van der Waals surface area contributed by atoms with Gasteiger partial charge in [-0.2, -0.15) is 13.2 Å². The van der Waals surface area contributed by atoms with E-state index in [-0.39, 0.29) is 18.5 Å². The quantitative estimate of drug-likeness (QED) is 0.498. The van der Waals surface area contributed by atoms with E-state index < -0.39 is 17.5 Å². The van der Waals surface area contributed by atoms with Gasteiger partial charge in [0.15, 0.2) is 11.3 Å². The Morgan fingerprint density at radius 2 is 1.86 bits per heavy atom. The number of halogens is 4. The summed E-state index contributed by atoms with van der Waals surface area (Å²) >= 11 is 6.62. The first-order valence-electron chi connectivity index (χ1n) is 8.80. The minimum Gasteiger partial charge on any atom is -0.489 e. The summed E-state index contributed by atoms with van der Waals surface area (Å²) in [6, 6.07) is 6.64. The second-order valence-corrected chi connectivity index (χ2v) is 8.18. The molecular weight excluding hydrogens is 427 g/mol. The number of ether oxygens (including phenoxy) is 1. The summed E-state index contributed by atoms with van der Waals surface area (Å²) in [5.74, 6) is 0.593. The van der Waals surface area contributed by atoms with Crippen LogP contribution in [0.5, 0.6) is 5.75 Å². The van der Waals surface area contributed by atoms with Gasteiger partial charge in [0, 0.05) is 17.0 Å². The van der Waals surface area contributed by atoms with E-state index in [1.807, 2.05) is 19.9 Å². The molecular formula is C20H19ClF3NO3S. The third-order valence-corrected chi connectivity index (χ3v) is 5.95. The lowest BCUT2D eigenvalue weighted by Crippen LogP contribution is -2.07. The highest BCUT2D eigenvalue weighted by Crippen LogP contribution is 2.38. The monoisotopic (exact) mass is 445 g/mol. The summed E-state index contributed by atoms with van der Waals surface area (Å²) < 4.78 is 45.3. The molecule has 0 bridgehead atoms. The molecule has 3 rings (SSSR count). The lowest BCUT2D eigenvalue weighted by Gasteiger charge is -2.15. The lowest BCUT2D eigenvalue weighted by atomic mass is 9.98. The molecule has 156 valence electrons. The maximum absolute atomic E-state index is 13.0. The second kappa shape index (κ2) is 8.47. The predicted molar refractivity (Wildman–Crippen MR) is 106 cm³/mol. The minimum absolute atomic E-state index is 0.0209. The number of hydrogen-bond acceptors (Lipinski definition) is 5. The van der Waals surface area contributed by atoms with Crippen LogP contribution >= 0.6 is 22.9 Å². The molecule has 0 aliphatic rings. The van der Waals surface area contributed by atoms with Crippen molar-refractivity contribution >= 4 is 33.2 Å². The lowest BCUT2D eigenvalue weighted by molar-refractivity contribution is -0.137. The van der Waals surface area contributed by atoms with Crippen molar-refractivity contribution in [1.82, 2.24) is 4.98 Å². The first-order chi connectivity index (χ1) is 13.6. The van der Waals surface area contributed by atoms with Gasteiger partial charge in [0.25, 0.3) is 0 Å². The van der Waals surface area contributed by atoms with Crippen molar-refractivity contribution in [1.29, 1.82) is 0 Å². The molecule has 1 aromatic heterocycles. The molecule has 0 aliphatic heterocycles. The number of nitrogens with zero attached hydrogens (tertiary/aromatic N) is 1. The predicted octanol–water partition coefficient (Wildman–Crippen LogP) is 5.41. The maximum Gasteiger partial charge on any atom is 0.443 e. The molecule has 0 aliphatic carbocycles. The van der Waals surface area contributed by atoms with Crippen LogP contribution in [-0.2, 0) is 19.2 Å². The van der Waals surface area contributed by atoms with E-state index in [4.69, 9.17) is 26.6 Å². The number of aliphatic hydroxyl groups excluding tert-OH is 1. The molecule has 2 aromatic carbocycles. The fourth-order valence-electron chi connectivity index (χ4n) is 3.01. The van der Waals surface area contributed by atoms with Crippen LogP contribution in [0.4, 0.5) is 13.2 Å². The average Bonchev–Trinajstić information content (AvgIpc) is 3.06. The molecule has 0 unspecified atom stereocenters. The Kier molecular flexibility index (Phi) is 6.38. The Labute approximate surface area is 174 Å². The zero-order chi connectivity index (χ0) is 21.3. The van der Waals surface area contributed by atoms with Crippen molar-refractivity contribution < 1.29 is 28.1 Å². The van der Waals surface area contributed by atoms with E-state index in [9.17, 15) is 13.2 Å². The van der Waals surface area contributed by atoms with Crippen molar-refractivity contribution in [3.8, 4) is 5.75 Å². The molecule has 9 heteroatoms. The van der Waals surface area contributed by atoms with Crippen LogP contribution in [0.2, 0.25) is 5.02 Å². The summed E-state index contributed by atoms with van der Waals surface area (Å²) in [4.78, 5) is 3.74. The van der Waals surface area contributed by atoms with E-state index in [0.717, 1.165) is 16.7 Å². The Morgan fingerprint density at radius 1 is 1.14 bits per heavy atom.